The molecule has 0 aromatic heterocycles. The van der Waals surface area contributed by atoms with Crippen LogP contribution >= 0.6 is 23.4 Å². The number of hydrogen-bond donors (Lipinski definition) is 2. The van der Waals surface area contributed by atoms with Crippen LogP contribution in [0.3, 0.4) is 0 Å². The normalized spacial score (nSPS) is 11.5. The molecule has 0 heterocycles. The van der Waals surface area contributed by atoms with E-state index in [-0.39, 0.29) is 10.6 Å². The second-order valence-electron chi connectivity index (χ2n) is 4.36. The lowest BCUT2D eigenvalue weighted by atomic mass is 10.1. The maximum absolute atomic E-state index is 12.2. The lowest BCUT2D eigenvalue weighted by Crippen LogP contribution is -2.43. The summed E-state index contributed by atoms with van der Waals surface area (Å²) < 4.78 is 4.76. The molecule has 0 unspecified atom stereocenters. The summed E-state index contributed by atoms with van der Waals surface area (Å²) in [5.74, 6) is -1.30. The average molecular weight is 345 g/mol. The highest BCUT2D eigenvalue weighted by molar-refractivity contribution is 7.98. The molecule has 1 aromatic rings. The molecule has 6 nitrogen and oxygen atoms in total. The first-order valence-electron chi connectivity index (χ1n) is 6.45. The summed E-state index contributed by atoms with van der Waals surface area (Å²) in [4.78, 5) is 34.8. The number of thioether (sulfide) groups is 1. The van der Waals surface area contributed by atoms with E-state index < -0.39 is 30.4 Å². The predicted octanol–water partition coefficient (Wildman–Crippen LogP) is 1.22. The summed E-state index contributed by atoms with van der Waals surface area (Å²) in [5, 5.41) is 2.86. The van der Waals surface area contributed by atoms with Gasteiger partial charge in [-0.15, -0.1) is 0 Å². The average Bonchev–Trinajstić information content (AvgIpc) is 2.49. The maximum Gasteiger partial charge on any atom is 0.329 e. The Balaban J connectivity index is 2.75. The molecule has 1 atom stereocenters. The zero-order chi connectivity index (χ0) is 16.5. The van der Waals surface area contributed by atoms with E-state index >= 15 is 0 Å². The van der Waals surface area contributed by atoms with Crippen LogP contribution in [0.1, 0.15) is 16.8 Å². The van der Waals surface area contributed by atoms with Gasteiger partial charge in [-0.1, -0.05) is 23.7 Å². The lowest BCUT2D eigenvalue weighted by Gasteiger charge is -2.17. The molecular formula is C14H17ClN2O4S. The van der Waals surface area contributed by atoms with Crippen LogP contribution in [0.15, 0.2) is 24.3 Å². The summed E-state index contributed by atoms with van der Waals surface area (Å²) in [6.07, 6.45) is 2.25. The second-order valence-corrected chi connectivity index (χ2v) is 5.75. The fraction of sp³-hybridized carbons (Fsp3) is 0.357. The lowest BCUT2D eigenvalue weighted by molar-refractivity contribution is -0.149. The number of benzene rings is 1. The van der Waals surface area contributed by atoms with E-state index in [9.17, 15) is 14.4 Å². The van der Waals surface area contributed by atoms with Crippen LogP contribution in [0.4, 0.5) is 0 Å². The molecule has 0 spiro atoms. The van der Waals surface area contributed by atoms with Crippen molar-refractivity contribution in [3.63, 3.8) is 0 Å². The van der Waals surface area contributed by atoms with E-state index in [1.165, 1.54) is 11.8 Å². The van der Waals surface area contributed by atoms with Gasteiger partial charge in [0.1, 0.15) is 6.04 Å². The monoisotopic (exact) mass is 344 g/mol. The standard InChI is InChI=1S/C14H17ClN2O4S/c1-22-7-6-11(14(20)21-8-12(16)18)17-13(19)9-4-2-3-5-10(9)15/h2-5,11H,6-8H2,1H3,(H2,16,18)(H,17,19)/t11-/m0/s1. The first-order valence-corrected chi connectivity index (χ1v) is 8.22. The molecule has 3 N–H and O–H groups in total. The van der Waals surface area contributed by atoms with E-state index in [0.717, 1.165) is 0 Å². The van der Waals surface area contributed by atoms with Crippen molar-refractivity contribution in [2.24, 2.45) is 5.73 Å². The third-order valence-corrected chi connectivity index (χ3v) is 3.65. The highest BCUT2D eigenvalue weighted by Crippen LogP contribution is 2.15. The molecule has 2 amide bonds. The molecule has 8 heteroatoms. The number of nitrogens with two attached hydrogens (primary N) is 1. The first kappa shape index (κ1) is 18.3. The third-order valence-electron chi connectivity index (χ3n) is 2.68. The highest BCUT2D eigenvalue weighted by atomic mass is 35.5. The van der Waals surface area contributed by atoms with Crippen molar-refractivity contribution in [3.05, 3.63) is 34.9 Å². The molecule has 0 saturated carbocycles. The number of esters is 1. The van der Waals surface area contributed by atoms with Gasteiger partial charge in [0.05, 0.1) is 10.6 Å². The Morgan fingerprint density at radius 2 is 2.05 bits per heavy atom. The Hall–Kier alpha value is -1.73. The Morgan fingerprint density at radius 3 is 2.64 bits per heavy atom. The van der Waals surface area contributed by atoms with Crippen LogP contribution in [-0.2, 0) is 14.3 Å². The quantitative estimate of drug-likeness (QED) is 0.691. The van der Waals surface area contributed by atoms with Crippen molar-refractivity contribution in [1.29, 1.82) is 0 Å². The number of nitrogens with one attached hydrogen (secondary N) is 1. The summed E-state index contributed by atoms with van der Waals surface area (Å²) in [7, 11) is 0. The smallest absolute Gasteiger partial charge is 0.329 e. The number of ether oxygens (including phenoxy) is 1. The van der Waals surface area contributed by atoms with Crippen molar-refractivity contribution < 1.29 is 19.1 Å². The number of primary amides is 1. The van der Waals surface area contributed by atoms with Crippen molar-refractivity contribution in [2.45, 2.75) is 12.5 Å². The Morgan fingerprint density at radius 1 is 1.36 bits per heavy atom. The minimum absolute atomic E-state index is 0.265. The van der Waals surface area contributed by atoms with Crippen LogP contribution in [0.2, 0.25) is 5.02 Å². The number of hydrogen-bond acceptors (Lipinski definition) is 5. The van der Waals surface area contributed by atoms with E-state index in [4.69, 9.17) is 22.1 Å². The fourth-order valence-electron chi connectivity index (χ4n) is 1.61. The molecule has 0 radical (unpaired) electrons. The summed E-state index contributed by atoms with van der Waals surface area (Å²) in [5.41, 5.74) is 5.19. The van der Waals surface area contributed by atoms with Crippen LogP contribution in [0, 0.1) is 0 Å². The first-order chi connectivity index (χ1) is 10.5. The van der Waals surface area contributed by atoms with Crippen molar-refractivity contribution in [2.75, 3.05) is 18.6 Å². The highest BCUT2D eigenvalue weighted by Gasteiger charge is 2.23. The van der Waals surface area contributed by atoms with Gasteiger partial charge in [-0.3, -0.25) is 9.59 Å². The maximum atomic E-state index is 12.2. The van der Waals surface area contributed by atoms with Gasteiger partial charge >= 0.3 is 5.97 Å². The van der Waals surface area contributed by atoms with Crippen LogP contribution < -0.4 is 11.1 Å². The fourth-order valence-corrected chi connectivity index (χ4v) is 2.30. The minimum Gasteiger partial charge on any atom is -0.454 e. The molecule has 0 aliphatic rings. The van der Waals surface area contributed by atoms with Crippen molar-refractivity contribution in [3.8, 4) is 0 Å². The van der Waals surface area contributed by atoms with E-state index in [1.807, 2.05) is 6.26 Å². The summed E-state index contributed by atoms with van der Waals surface area (Å²) >= 11 is 7.47. The van der Waals surface area contributed by atoms with Crippen LogP contribution in [0.25, 0.3) is 0 Å². The Labute approximate surface area is 137 Å². The summed E-state index contributed by atoms with van der Waals surface area (Å²) in [6, 6.07) is 5.64. The van der Waals surface area contributed by atoms with E-state index in [1.54, 1.807) is 24.3 Å². The van der Waals surface area contributed by atoms with Gasteiger partial charge in [0.25, 0.3) is 11.8 Å². The van der Waals surface area contributed by atoms with Gasteiger partial charge in [-0.05, 0) is 30.6 Å². The largest absolute Gasteiger partial charge is 0.454 e. The van der Waals surface area contributed by atoms with Gasteiger partial charge in [0, 0.05) is 0 Å². The van der Waals surface area contributed by atoms with Gasteiger partial charge in [-0.25, -0.2) is 4.79 Å². The number of carbonyl (C=O) groups excluding carboxylic acids is 3. The second kappa shape index (κ2) is 9.32. The van der Waals surface area contributed by atoms with Gasteiger partial charge in [0.15, 0.2) is 6.61 Å². The molecular weight excluding hydrogens is 328 g/mol. The Bertz CT molecular complexity index is 553. The van der Waals surface area contributed by atoms with E-state index in [0.29, 0.717) is 12.2 Å². The SMILES string of the molecule is CSCC[C@H](NC(=O)c1ccccc1Cl)C(=O)OCC(N)=O. The van der Waals surface area contributed by atoms with E-state index in [2.05, 4.69) is 5.32 Å². The van der Waals surface area contributed by atoms with Crippen LogP contribution in [0.5, 0.6) is 0 Å². The summed E-state index contributed by atoms with van der Waals surface area (Å²) in [6.45, 7) is -0.517. The molecule has 1 aromatic carbocycles. The molecule has 0 bridgehead atoms. The molecule has 120 valence electrons. The van der Waals surface area contributed by atoms with Crippen molar-refractivity contribution >= 4 is 41.1 Å². The molecule has 0 aliphatic carbocycles. The molecule has 22 heavy (non-hydrogen) atoms. The molecule has 0 saturated heterocycles. The van der Waals surface area contributed by atoms with Gasteiger partial charge in [-0.2, -0.15) is 11.8 Å². The zero-order valence-corrected chi connectivity index (χ0v) is 13.6. The zero-order valence-electron chi connectivity index (χ0n) is 12.0. The number of carbonyl (C=O) groups is 3. The van der Waals surface area contributed by atoms with Crippen LogP contribution in [-0.4, -0.2) is 42.4 Å². The molecule has 0 fully saturated rings. The minimum atomic E-state index is -0.865. The number of halogens is 1. The topological polar surface area (TPSA) is 98.5 Å². The molecule has 1 rings (SSSR count). The third kappa shape index (κ3) is 5.95. The molecule has 0 aliphatic heterocycles. The predicted molar refractivity (Wildman–Crippen MR) is 85.9 cm³/mol. The van der Waals surface area contributed by atoms with Gasteiger partial charge in [0.2, 0.25) is 0 Å². The Kier molecular flexibility index (Phi) is 7.76. The van der Waals surface area contributed by atoms with Crippen molar-refractivity contribution in [1.82, 2.24) is 5.32 Å². The van der Waals surface area contributed by atoms with Gasteiger partial charge < -0.3 is 15.8 Å². The number of amides is 2. The number of rotatable bonds is 8.